The Morgan fingerprint density at radius 3 is 2.37 bits per heavy atom. The number of halogens is 3. The number of hydrogen-bond acceptors (Lipinski definition) is 11. The van der Waals surface area contributed by atoms with E-state index in [-0.39, 0.29) is 35.6 Å². The SMILES string of the molecule is CC(=O)N1CCc2c(c(N3CCCc4cc(-c5cnn(C)c5)c(C(F)F)cc43)nn2C2CCN(C3CCN(c4ccc(C(=O)NC5CCC(Oc6ccc(C#N)c(Cl)c6)CC5)nn4)CC3)CC2)C1. The van der Waals surface area contributed by atoms with Gasteiger partial charge >= 0.3 is 0 Å². The molecule has 0 spiro atoms. The second kappa shape index (κ2) is 19.5. The number of nitriles is 1. The number of alkyl halides is 2. The van der Waals surface area contributed by atoms with Gasteiger partial charge in [0.1, 0.15) is 11.8 Å². The molecule has 15 nitrogen and oxygen atoms in total. The third-order valence-corrected chi connectivity index (χ3v) is 15.1. The second-order valence-corrected chi connectivity index (χ2v) is 19.4. The first kappa shape index (κ1) is 45.7. The first-order valence-corrected chi connectivity index (χ1v) is 24.4. The molecule has 5 aromatic rings. The fourth-order valence-electron chi connectivity index (χ4n) is 11.1. The molecule has 2 amide bonds. The highest BCUT2D eigenvalue weighted by Crippen LogP contribution is 2.44. The van der Waals surface area contributed by atoms with E-state index in [0.717, 1.165) is 125 Å². The van der Waals surface area contributed by atoms with Crippen LogP contribution >= 0.6 is 11.6 Å². The summed E-state index contributed by atoms with van der Waals surface area (Å²) >= 11 is 6.18. The van der Waals surface area contributed by atoms with Crippen molar-refractivity contribution in [1.29, 1.82) is 5.26 Å². The van der Waals surface area contributed by atoms with Gasteiger partial charge in [0.25, 0.3) is 12.3 Å². The van der Waals surface area contributed by atoms with Gasteiger partial charge in [0.15, 0.2) is 17.3 Å². The van der Waals surface area contributed by atoms with E-state index in [0.29, 0.717) is 65.3 Å². The van der Waals surface area contributed by atoms with Crippen LogP contribution in [0.15, 0.2) is 54.9 Å². The zero-order valence-corrected chi connectivity index (χ0v) is 39.3. The molecule has 10 rings (SSSR count). The smallest absolute Gasteiger partial charge is 0.272 e. The Balaban J connectivity index is 0.744. The molecule has 0 radical (unpaired) electrons. The number of aryl methyl sites for hydroxylation is 2. The summed E-state index contributed by atoms with van der Waals surface area (Å²) in [5, 5.41) is 31.1. The van der Waals surface area contributed by atoms with Crippen molar-refractivity contribution in [3.8, 4) is 22.9 Å². The van der Waals surface area contributed by atoms with Crippen molar-refractivity contribution in [1.82, 2.24) is 44.9 Å². The summed E-state index contributed by atoms with van der Waals surface area (Å²) in [5.74, 6) is 1.99. The second-order valence-electron chi connectivity index (χ2n) is 19.0. The number of benzene rings is 2. The molecule has 7 heterocycles. The minimum Gasteiger partial charge on any atom is -0.490 e. The normalized spacial score (nSPS) is 20.5. The number of aromatic nitrogens is 6. The summed E-state index contributed by atoms with van der Waals surface area (Å²) in [4.78, 5) is 34.7. The number of nitrogens with one attached hydrogen (secondary N) is 1. The lowest BCUT2D eigenvalue weighted by Crippen LogP contribution is -2.48. The van der Waals surface area contributed by atoms with Gasteiger partial charge in [0.05, 0.1) is 35.5 Å². The van der Waals surface area contributed by atoms with E-state index in [1.807, 2.05) is 17.0 Å². The lowest BCUT2D eigenvalue weighted by molar-refractivity contribution is -0.129. The number of hydrogen-bond donors (Lipinski definition) is 1. The van der Waals surface area contributed by atoms with Crippen LogP contribution in [-0.4, -0.2) is 109 Å². The van der Waals surface area contributed by atoms with E-state index in [1.165, 1.54) is 0 Å². The summed E-state index contributed by atoms with van der Waals surface area (Å²) < 4.78 is 39.5. The average molecular weight is 948 g/mol. The van der Waals surface area contributed by atoms with E-state index < -0.39 is 6.43 Å². The predicted molar refractivity (Wildman–Crippen MR) is 253 cm³/mol. The van der Waals surface area contributed by atoms with Crippen molar-refractivity contribution < 1.29 is 23.1 Å². The van der Waals surface area contributed by atoms with Gasteiger partial charge in [-0.05, 0) is 112 Å². The van der Waals surface area contributed by atoms with Crippen LogP contribution in [0.1, 0.15) is 116 Å². The third-order valence-electron chi connectivity index (χ3n) is 14.8. The largest absolute Gasteiger partial charge is 0.490 e. The van der Waals surface area contributed by atoms with Crippen molar-refractivity contribution in [2.45, 2.75) is 115 Å². The number of amides is 2. The Labute approximate surface area is 400 Å². The molecular formula is C50H57ClF2N12O3. The number of likely N-dealkylation sites (tertiary alicyclic amines) is 1. The molecule has 3 aromatic heterocycles. The Morgan fingerprint density at radius 1 is 0.912 bits per heavy atom. The zero-order chi connectivity index (χ0) is 47.1. The molecule has 3 fully saturated rings. The quantitative estimate of drug-likeness (QED) is 0.145. The lowest BCUT2D eigenvalue weighted by atomic mass is 9.92. The van der Waals surface area contributed by atoms with Gasteiger partial charge in [-0.25, -0.2) is 8.78 Å². The summed E-state index contributed by atoms with van der Waals surface area (Å²) in [6.45, 7) is 6.94. The monoisotopic (exact) mass is 946 g/mol. The lowest BCUT2D eigenvalue weighted by Gasteiger charge is -2.42. The Hall–Kier alpha value is -6.12. The van der Waals surface area contributed by atoms with Crippen LogP contribution in [0.25, 0.3) is 11.1 Å². The molecule has 4 aliphatic heterocycles. The molecule has 2 saturated heterocycles. The maximum atomic E-state index is 14.8. The van der Waals surface area contributed by atoms with Crippen LogP contribution in [0.2, 0.25) is 5.02 Å². The Kier molecular flexibility index (Phi) is 13.1. The van der Waals surface area contributed by atoms with Crippen LogP contribution in [0.3, 0.4) is 0 Å². The summed E-state index contributed by atoms with van der Waals surface area (Å²) in [7, 11) is 1.79. The summed E-state index contributed by atoms with van der Waals surface area (Å²) in [6, 6.07) is 15.1. The minimum atomic E-state index is -2.66. The highest BCUT2D eigenvalue weighted by atomic mass is 35.5. The predicted octanol–water partition coefficient (Wildman–Crippen LogP) is 7.95. The van der Waals surface area contributed by atoms with Crippen LogP contribution in [0.4, 0.5) is 26.1 Å². The van der Waals surface area contributed by atoms with E-state index in [2.05, 4.69) is 46.1 Å². The molecule has 2 aromatic carbocycles. The highest BCUT2D eigenvalue weighted by molar-refractivity contribution is 6.31. The van der Waals surface area contributed by atoms with Crippen LogP contribution in [0.5, 0.6) is 5.75 Å². The van der Waals surface area contributed by atoms with Crippen molar-refractivity contribution in [3.05, 3.63) is 93.5 Å². The maximum absolute atomic E-state index is 14.8. The van der Waals surface area contributed by atoms with Gasteiger partial charge < -0.3 is 29.7 Å². The number of rotatable bonds is 10. The molecule has 0 unspecified atom stereocenters. The van der Waals surface area contributed by atoms with E-state index in [9.17, 15) is 18.4 Å². The number of ether oxygens (including phenoxy) is 1. The molecule has 1 aliphatic carbocycles. The van der Waals surface area contributed by atoms with Gasteiger partial charge in [-0.3, -0.25) is 19.0 Å². The van der Waals surface area contributed by atoms with Gasteiger partial charge in [0, 0.05) is 112 Å². The van der Waals surface area contributed by atoms with Crippen molar-refractivity contribution >= 4 is 40.7 Å². The zero-order valence-electron chi connectivity index (χ0n) is 38.6. The topological polar surface area (TPSA) is 154 Å². The molecule has 68 heavy (non-hydrogen) atoms. The van der Waals surface area contributed by atoms with E-state index in [1.54, 1.807) is 61.4 Å². The standard InChI is InChI=1S/C50H57ClF2N12O3/c1-31(66)63-23-17-45-42(30-63)49(64-18-3-4-32-24-40(34-28-55-60(2)29-34)41(48(52)53)26-46(32)64)59-65(45)37-15-19-61(20-16-37)36-13-21-62(22-14-36)47-12-11-44(57-58-47)50(67)56-35-6-9-38(10-7-35)68-39-8-5-33(27-54)43(51)25-39/h5,8,11-12,24-26,28-29,35-38,48H,3-4,6-7,9-10,13-23,30H2,1-2H3,(H,56,67). The fraction of sp³-hybridized carbons (Fsp3) is 0.500. The number of nitrogens with zero attached hydrogens (tertiary/aromatic N) is 11. The molecular weight excluding hydrogens is 890 g/mol. The van der Waals surface area contributed by atoms with Crippen LogP contribution in [-0.2, 0) is 31.2 Å². The molecule has 5 aliphatic rings. The summed E-state index contributed by atoms with van der Waals surface area (Å²) in [5.41, 5.74) is 5.85. The maximum Gasteiger partial charge on any atom is 0.272 e. The van der Waals surface area contributed by atoms with Crippen molar-refractivity contribution in [2.24, 2.45) is 7.05 Å². The van der Waals surface area contributed by atoms with Gasteiger partial charge in [-0.2, -0.15) is 15.5 Å². The fourth-order valence-corrected chi connectivity index (χ4v) is 11.3. The molecule has 356 valence electrons. The van der Waals surface area contributed by atoms with Crippen LogP contribution in [0, 0.1) is 11.3 Å². The highest BCUT2D eigenvalue weighted by Gasteiger charge is 2.36. The van der Waals surface area contributed by atoms with E-state index >= 15 is 0 Å². The van der Waals surface area contributed by atoms with E-state index in [4.69, 9.17) is 26.7 Å². The number of carbonyl (C=O) groups excluding carboxylic acids is 2. The molecule has 1 N–H and O–H groups in total. The number of piperidine rings is 2. The van der Waals surface area contributed by atoms with Gasteiger partial charge in [-0.1, -0.05) is 11.6 Å². The number of fused-ring (bicyclic) bond motifs is 2. The van der Waals surface area contributed by atoms with Gasteiger partial charge in [0.2, 0.25) is 5.91 Å². The number of carbonyl (C=O) groups is 2. The molecule has 18 heteroatoms. The Morgan fingerprint density at radius 2 is 1.69 bits per heavy atom. The first-order valence-electron chi connectivity index (χ1n) is 24.1. The van der Waals surface area contributed by atoms with Gasteiger partial charge in [-0.15, -0.1) is 10.2 Å². The molecule has 0 bridgehead atoms. The first-order chi connectivity index (χ1) is 33.0. The summed E-state index contributed by atoms with van der Waals surface area (Å²) in [6.07, 6.45) is 10.1. The van der Waals surface area contributed by atoms with Crippen molar-refractivity contribution in [3.63, 3.8) is 0 Å². The minimum absolute atomic E-state index is 0.0135. The number of anilines is 3. The average Bonchev–Trinajstić information content (AvgIpc) is 3.97. The third kappa shape index (κ3) is 9.37. The van der Waals surface area contributed by atoms with Crippen molar-refractivity contribution in [2.75, 3.05) is 49.1 Å². The molecule has 0 atom stereocenters. The Bertz CT molecular complexity index is 2700. The van der Waals surface area contributed by atoms with Crippen LogP contribution < -0.4 is 19.9 Å². The molecule has 1 saturated carbocycles.